The van der Waals surface area contributed by atoms with E-state index in [1.54, 1.807) is 12.1 Å². The number of benzene rings is 3. The van der Waals surface area contributed by atoms with Gasteiger partial charge in [0.1, 0.15) is 0 Å². The number of nitrogens with zero attached hydrogens (tertiary/aromatic N) is 2. The third-order valence-electron chi connectivity index (χ3n) is 6.93. The van der Waals surface area contributed by atoms with E-state index in [0.717, 1.165) is 16.3 Å². The van der Waals surface area contributed by atoms with E-state index in [0.29, 0.717) is 67.5 Å². The monoisotopic (exact) mass is 568 g/mol. The lowest BCUT2D eigenvalue weighted by Gasteiger charge is -2.25. The second-order valence-electron chi connectivity index (χ2n) is 9.74. The molecule has 1 aliphatic rings. The predicted molar refractivity (Wildman–Crippen MR) is 158 cm³/mol. The maximum atomic E-state index is 13.5. The number of fused-ring (bicyclic) bond motifs is 1. The number of aliphatic imine (C=N–C) groups is 1. The first-order valence-corrected chi connectivity index (χ1v) is 13.9. The molecule has 0 saturated carbocycles. The van der Waals surface area contributed by atoms with Crippen molar-refractivity contribution in [2.75, 3.05) is 26.2 Å². The maximum Gasteiger partial charge on any atom is 0.251 e. The van der Waals surface area contributed by atoms with Crippen molar-refractivity contribution < 1.29 is 9.59 Å². The van der Waals surface area contributed by atoms with Crippen molar-refractivity contribution in [2.45, 2.75) is 37.8 Å². The Morgan fingerprint density at radius 3 is 2.64 bits per heavy atom. The van der Waals surface area contributed by atoms with E-state index in [4.69, 9.17) is 34.7 Å². The van der Waals surface area contributed by atoms with Crippen LogP contribution in [0.3, 0.4) is 0 Å². The number of nitrogens with one attached hydrogen (secondary N) is 2. The fourth-order valence-electron chi connectivity index (χ4n) is 4.80. The van der Waals surface area contributed by atoms with Crippen LogP contribution in [0.5, 0.6) is 0 Å². The highest BCUT2D eigenvalue weighted by Crippen LogP contribution is 2.22. The molecule has 0 radical (unpaired) electrons. The maximum absolute atomic E-state index is 13.5. The topological polar surface area (TPSA) is 126 Å². The summed E-state index contributed by atoms with van der Waals surface area (Å²) in [5, 5.41) is 9.79. The number of rotatable bonds is 10. The highest BCUT2D eigenvalue weighted by molar-refractivity contribution is 6.35. The molecule has 2 amide bonds. The molecule has 3 aromatic carbocycles. The average molecular weight is 570 g/mol. The standard InChI is InChI=1S/C29H34Cl2N6O2/c30-23-10-9-20(25(31)17-23)11-14-37-15-12-24(36-26(28(37)39)6-3-13-34-29(32)33)18-35-27(38)22-8-7-19-4-1-2-5-21(19)16-22/h1-2,4-5,7-10,16-17,24,26,36H,3,6,11-15,18H2,(H,35,38)(H4,32,33,34). The second-order valence-corrected chi connectivity index (χ2v) is 10.6. The normalized spacial score (nSPS) is 17.6. The minimum absolute atomic E-state index is 0.0214. The molecule has 1 fully saturated rings. The van der Waals surface area contributed by atoms with Gasteiger partial charge in [-0.05, 0) is 66.3 Å². The summed E-state index contributed by atoms with van der Waals surface area (Å²) in [7, 11) is 0. The van der Waals surface area contributed by atoms with Crippen LogP contribution in [0.1, 0.15) is 35.2 Å². The van der Waals surface area contributed by atoms with Crippen molar-refractivity contribution in [3.05, 3.63) is 81.8 Å². The van der Waals surface area contributed by atoms with E-state index in [1.165, 1.54) is 0 Å². The smallest absolute Gasteiger partial charge is 0.251 e. The second kappa shape index (κ2) is 13.6. The Balaban J connectivity index is 1.40. The molecule has 0 aliphatic carbocycles. The zero-order valence-corrected chi connectivity index (χ0v) is 23.2. The van der Waals surface area contributed by atoms with Crippen LogP contribution in [0.25, 0.3) is 10.8 Å². The molecule has 10 heteroatoms. The molecule has 0 spiro atoms. The summed E-state index contributed by atoms with van der Waals surface area (Å²) in [5.74, 6) is -0.0873. The zero-order chi connectivity index (χ0) is 27.8. The van der Waals surface area contributed by atoms with Crippen LogP contribution in [-0.4, -0.2) is 60.9 Å². The van der Waals surface area contributed by atoms with Crippen LogP contribution < -0.4 is 22.1 Å². The number of guanidine groups is 1. The summed E-state index contributed by atoms with van der Waals surface area (Å²) >= 11 is 12.4. The largest absolute Gasteiger partial charge is 0.370 e. The van der Waals surface area contributed by atoms with Crippen molar-refractivity contribution in [1.29, 1.82) is 0 Å². The van der Waals surface area contributed by atoms with Crippen molar-refractivity contribution >= 4 is 51.7 Å². The Morgan fingerprint density at radius 2 is 1.87 bits per heavy atom. The van der Waals surface area contributed by atoms with Gasteiger partial charge in [0, 0.05) is 47.8 Å². The molecule has 1 saturated heterocycles. The summed E-state index contributed by atoms with van der Waals surface area (Å²) in [5.41, 5.74) is 12.4. The third kappa shape index (κ3) is 8.08. The van der Waals surface area contributed by atoms with E-state index >= 15 is 0 Å². The van der Waals surface area contributed by atoms with Gasteiger partial charge in [-0.2, -0.15) is 0 Å². The van der Waals surface area contributed by atoms with E-state index < -0.39 is 6.04 Å². The van der Waals surface area contributed by atoms with Crippen molar-refractivity contribution in [3.8, 4) is 0 Å². The molecule has 39 heavy (non-hydrogen) atoms. The van der Waals surface area contributed by atoms with Crippen molar-refractivity contribution in [3.63, 3.8) is 0 Å². The van der Waals surface area contributed by atoms with E-state index in [1.807, 2.05) is 53.4 Å². The Labute approximate surface area is 238 Å². The van der Waals surface area contributed by atoms with Gasteiger partial charge >= 0.3 is 0 Å². The van der Waals surface area contributed by atoms with Crippen molar-refractivity contribution in [2.24, 2.45) is 16.5 Å². The molecule has 4 rings (SSSR count). The summed E-state index contributed by atoms with van der Waals surface area (Å²) in [6.07, 6.45) is 2.53. The highest BCUT2D eigenvalue weighted by Gasteiger charge is 2.30. The molecular formula is C29H34Cl2N6O2. The molecule has 0 aromatic heterocycles. The molecule has 3 aromatic rings. The van der Waals surface area contributed by atoms with Gasteiger partial charge in [0.05, 0.1) is 6.04 Å². The molecule has 2 atom stereocenters. The van der Waals surface area contributed by atoms with Gasteiger partial charge in [0.2, 0.25) is 5.91 Å². The molecule has 2 unspecified atom stereocenters. The number of hydrogen-bond donors (Lipinski definition) is 4. The van der Waals surface area contributed by atoms with Gasteiger partial charge in [-0.1, -0.05) is 59.6 Å². The van der Waals surface area contributed by atoms with Crippen LogP contribution >= 0.6 is 23.2 Å². The molecule has 1 heterocycles. The number of amides is 2. The first-order valence-electron chi connectivity index (χ1n) is 13.1. The number of carbonyl (C=O) groups is 2. The van der Waals surface area contributed by atoms with Crippen LogP contribution in [0.2, 0.25) is 10.0 Å². The fraction of sp³-hybridized carbons (Fsp3) is 0.345. The summed E-state index contributed by atoms with van der Waals surface area (Å²) in [6, 6.07) is 18.5. The van der Waals surface area contributed by atoms with Crippen LogP contribution in [0, 0.1) is 0 Å². The minimum Gasteiger partial charge on any atom is -0.370 e. The lowest BCUT2D eigenvalue weighted by atomic mass is 10.1. The summed E-state index contributed by atoms with van der Waals surface area (Å²) in [6.45, 7) is 1.94. The Hall–Kier alpha value is -3.33. The van der Waals surface area contributed by atoms with Gasteiger partial charge in [0.25, 0.3) is 5.91 Å². The van der Waals surface area contributed by atoms with Crippen LogP contribution in [0.4, 0.5) is 0 Å². The number of carbonyl (C=O) groups excluding carboxylic acids is 2. The van der Waals surface area contributed by atoms with E-state index in [-0.39, 0.29) is 23.8 Å². The van der Waals surface area contributed by atoms with Crippen molar-refractivity contribution in [1.82, 2.24) is 15.5 Å². The van der Waals surface area contributed by atoms with E-state index in [9.17, 15) is 9.59 Å². The predicted octanol–water partition coefficient (Wildman–Crippen LogP) is 3.73. The van der Waals surface area contributed by atoms with Gasteiger partial charge in [-0.3, -0.25) is 14.6 Å². The molecule has 0 bridgehead atoms. The quantitative estimate of drug-likeness (QED) is 0.168. The molecule has 206 valence electrons. The fourth-order valence-corrected chi connectivity index (χ4v) is 5.31. The lowest BCUT2D eigenvalue weighted by molar-refractivity contribution is -0.132. The average Bonchev–Trinajstić information content (AvgIpc) is 3.07. The van der Waals surface area contributed by atoms with Crippen LogP contribution in [-0.2, 0) is 11.2 Å². The van der Waals surface area contributed by atoms with Crippen LogP contribution in [0.15, 0.2) is 65.7 Å². The Bertz CT molecular complexity index is 1340. The minimum atomic E-state index is -0.412. The number of nitrogens with two attached hydrogens (primary N) is 2. The molecule has 8 nitrogen and oxygen atoms in total. The first kappa shape index (κ1) is 28.7. The third-order valence-corrected chi connectivity index (χ3v) is 7.51. The number of hydrogen-bond acceptors (Lipinski definition) is 4. The lowest BCUT2D eigenvalue weighted by Crippen LogP contribution is -2.49. The Morgan fingerprint density at radius 1 is 1.08 bits per heavy atom. The van der Waals surface area contributed by atoms with Gasteiger partial charge in [0.15, 0.2) is 5.96 Å². The first-order chi connectivity index (χ1) is 18.8. The zero-order valence-electron chi connectivity index (χ0n) is 21.7. The SMILES string of the molecule is NC(N)=NCCCC1NC(CNC(=O)c2ccc3ccccc3c2)CCN(CCc2ccc(Cl)cc2Cl)C1=O. The molecule has 1 aliphatic heterocycles. The van der Waals surface area contributed by atoms with Gasteiger partial charge in [-0.25, -0.2) is 0 Å². The summed E-state index contributed by atoms with van der Waals surface area (Å²) in [4.78, 5) is 32.4. The van der Waals surface area contributed by atoms with E-state index in [2.05, 4.69) is 15.6 Å². The molecule has 6 N–H and O–H groups in total. The summed E-state index contributed by atoms with van der Waals surface area (Å²) < 4.78 is 0. The molecular weight excluding hydrogens is 535 g/mol. The Kier molecular flexibility index (Phi) is 10.0. The van der Waals surface area contributed by atoms with Gasteiger partial charge in [-0.15, -0.1) is 0 Å². The number of halogens is 2. The highest BCUT2D eigenvalue weighted by atomic mass is 35.5. The van der Waals surface area contributed by atoms with Gasteiger partial charge < -0.3 is 27.0 Å².